The van der Waals surface area contributed by atoms with Crippen LogP contribution in [0.25, 0.3) is 11.2 Å². The molecule has 0 spiro atoms. The van der Waals surface area contributed by atoms with E-state index in [-0.39, 0.29) is 42.2 Å². The van der Waals surface area contributed by atoms with E-state index in [4.69, 9.17) is 20.9 Å². The van der Waals surface area contributed by atoms with Gasteiger partial charge in [-0.2, -0.15) is 4.98 Å². The molecule has 0 radical (unpaired) electrons. The lowest BCUT2D eigenvalue weighted by atomic mass is 10.1. The largest absolute Gasteiger partial charge is 0.456 e. The molecule has 29 heavy (non-hydrogen) atoms. The number of nitrogen functional groups attached to an aromatic ring is 1. The van der Waals surface area contributed by atoms with Gasteiger partial charge in [0.05, 0.1) is 24.2 Å². The Morgan fingerprint density at radius 3 is 3.03 bits per heavy atom. The number of carbonyl (C=O) groups excluding carboxylic acids is 1. The van der Waals surface area contributed by atoms with Gasteiger partial charge < -0.3 is 26.0 Å². The summed E-state index contributed by atoms with van der Waals surface area (Å²) in [5.41, 5.74) is 11.8. The summed E-state index contributed by atoms with van der Waals surface area (Å²) >= 11 is 0. The summed E-state index contributed by atoms with van der Waals surface area (Å²) in [6, 6.07) is 3.18. The van der Waals surface area contributed by atoms with E-state index in [2.05, 4.69) is 19.9 Å². The zero-order chi connectivity index (χ0) is 20.5. The van der Waals surface area contributed by atoms with Gasteiger partial charge in [0.25, 0.3) is 5.56 Å². The highest BCUT2D eigenvalue weighted by Gasteiger charge is 2.39. The van der Waals surface area contributed by atoms with E-state index < -0.39 is 30.0 Å². The molecule has 3 aromatic rings. The Balaban J connectivity index is 1.58. The van der Waals surface area contributed by atoms with Crippen molar-refractivity contribution < 1.29 is 19.4 Å². The number of pyridine rings is 1. The molecule has 0 aliphatic carbocycles. The topological polar surface area (TPSA) is 184 Å². The summed E-state index contributed by atoms with van der Waals surface area (Å²) in [6.45, 7) is -0.283. The molecule has 3 atom stereocenters. The summed E-state index contributed by atoms with van der Waals surface area (Å²) in [5.74, 6) is -0.671. The van der Waals surface area contributed by atoms with Crippen LogP contribution in [0.5, 0.6) is 0 Å². The minimum Gasteiger partial charge on any atom is -0.456 e. The number of anilines is 1. The van der Waals surface area contributed by atoms with Gasteiger partial charge in [0.15, 0.2) is 11.2 Å². The molecule has 6 N–H and O–H groups in total. The molecule has 0 aromatic carbocycles. The number of ether oxygens (including phenoxy) is 2. The minimum absolute atomic E-state index is 0.0603. The zero-order valence-corrected chi connectivity index (χ0v) is 15.2. The second kappa shape index (κ2) is 7.58. The van der Waals surface area contributed by atoms with Crippen molar-refractivity contribution in [1.29, 1.82) is 0 Å². The standard InChI is InChI=1S/C17H19N7O5/c18-5-9-8(2-1-3-20-9)16(27)29-10-4-12(28-11(10)6-25)24-7-21-13-14(24)22-17(19)23-15(13)26/h1-3,7,10-12,25H,4-6,18H2,(H3,19,22,23,26)/t10-,11?,12-/m1/s1. The number of aliphatic hydroxyl groups is 1. The maximum Gasteiger partial charge on any atom is 0.340 e. The van der Waals surface area contributed by atoms with Crippen molar-refractivity contribution in [1.82, 2.24) is 24.5 Å². The van der Waals surface area contributed by atoms with E-state index in [1.54, 1.807) is 12.1 Å². The molecule has 12 heteroatoms. The number of carbonyl (C=O) groups is 1. The van der Waals surface area contributed by atoms with Crippen LogP contribution in [0.1, 0.15) is 28.7 Å². The fourth-order valence-electron chi connectivity index (χ4n) is 3.30. The highest BCUT2D eigenvalue weighted by molar-refractivity contribution is 5.90. The van der Waals surface area contributed by atoms with Gasteiger partial charge in [-0.1, -0.05) is 0 Å². The van der Waals surface area contributed by atoms with Crippen LogP contribution < -0.4 is 17.0 Å². The Hall–Kier alpha value is -3.35. The molecule has 4 heterocycles. The lowest BCUT2D eigenvalue weighted by Crippen LogP contribution is -2.30. The second-order valence-electron chi connectivity index (χ2n) is 6.47. The third-order valence-electron chi connectivity index (χ3n) is 4.68. The number of aromatic amines is 1. The van der Waals surface area contributed by atoms with E-state index in [0.717, 1.165) is 0 Å². The molecule has 12 nitrogen and oxygen atoms in total. The summed E-state index contributed by atoms with van der Waals surface area (Å²) < 4.78 is 12.9. The molecule has 1 unspecified atom stereocenters. The number of H-pyrrole nitrogens is 1. The average Bonchev–Trinajstić information content (AvgIpc) is 3.31. The monoisotopic (exact) mass is 401 g/mol. The SMILES string of the molecule is NCc1ncccc1C(=O)O[C@@H]1C[C@H](n2cnc3c(=O)[nH]c(N)nc32)OC1CO. The van der Waals surface area contributed by atoms with Crippen molar-refractivity contribution in [3.63, 3.8) is 0 Å². The van der Waals surface area contributed by atoms with Gasteiger partial charge in [0.1, 0.15) is 18.4 Å². The predicted molar refractivity (Wildman–Crippen MR) is 99.5 cm³/mol. The first-order valence-electron chi connectivity index (χ1n) is 8.85. The number of imidazole rings is 1. The highest BCUT2D eigenvalue weighted by atomic mass is 16.6. The molecule has 1 saturated heterocycles. The summed E-state index contributed by atoms with van der Waals surface area (Å²) in [6.07, 6.45) is 0.984. The van der Waals surface area contributed by atoms with E-state index in [9.17, 15) is 14.7 Å². The first-order valence-corrected chi connectivity index (χ1v) is 8.85. The average molecular weight is 401 g/mol. The number of esters is 1. The first kappa shape index (κ1) is 19.0. The van der Waals surface area contributed by atoms with Crippen molar-refractivity contribution in [3.8, 4) is 0 Å². The number of aliphatic hydroxyl groups excluding tert-OH is 1. The molecular formula is C17H19N7O5. The first-order chi connectivity index (χ1) is 14.0. The number of fused-ring (bicyclic) bond motifs is 1. The number of nitrogens with zero attached hydrogens (tertiary/aromatic N) is 4. The van der Waals surface area contributed by atoms with Crippen LogP contribution in [0.15, 0.2) is 29.5 Å². The maximum atomic E-state index is 12.6. The quantitative estimate of drug-likeness (QED) is 0.389. The molecule has 0 amide bonds. The van der Waals surface area contributed by atoms with Crippen LogP contribution in [-0.2, 0) is 16.0 Å². The van der Waals surface area contributed by atoms with Gasteiger partial charge in [0.2, 0.25) is 5.95 Å². The lowest BCUT2D eigenvalue weighted by Gasteiger charge is -2.17. The van der Waals surface area contributed by atoms with Gasteiger partial charge in [-0.15, -0.1) is 0 Å². The van der Waals surface area contributed by atoms with Crippen LogP contribution in [-0.4, -0.2) is 54.4 Å². The van der Waals surface area contributed by atoms with Gasteiger partial charge in [-0.25, -0.2) is 9.78 Å². The normalized spacial score (nSPS) is 21.5. The Morgan fingerprint density at radius 2 is 2.28 bits per heavy atom. The van der Waals surface area contributed by atoms with Crippen molar-refractivity contribution >= 4 is 23.1 Å². The molecule has 1 aliphatic heterocycles. The van der Waals surface area contributed by atoms with Crippen LogP contribution in [0.3, 0.4) is 0 Å². The van der Waals surface area contributed by atoms with Crippen molar-refractivity contribution in [2.24, 2.45) is 5.73 Å². The fourth-order valence-corrected chi connectivity index (χ4v) is 3.30. The van der Waals surface area contributed by atoms with Crippen molar-refractivity contribution in [2.75, 3.05) is 12.3 Å². The van der Waals surface area contributed by atoms with E-state index >= 15 is 0 Å². The number of hydrogen-bond donors (Lipinski definition) is 4. The van der Waals surface area contributed by atoms with Crippen LogP contribution >= 0.6 is 0 Å². The smallest absolute Gasteiger partial charge is 0.340 e. The van der Waals surface area contributed by atoms with E-state index in [1.807, 2.05) is 0 Å². The molecule has 152 valence electrons. The van der Waals surface area contributed by atoms with Gasteiger partial charge in [-0.05, 0) is 12.1 Å². The Morgan fingerprint density at radius 1 is 1.45 bits per heavy atom. The highest BCUT2D eigenvalue weighted by Crippen LogP contribution is 2.32. The van der Waals surface area contributed by atoms with Gasteiger partial charge in [0, 0.05) is 19.2 Å². The van der Waals surface area contributed by atoms with E-state index in [0.29, 0.717) is 5.69 Å². The van der Waals surface area contributed by atoms with Crippen LogP contribution in [0, 0.1) is 0 Å². The Bertz CT molecular complexity index is 1110. The fraction of sp³-hybridized carbons (Fsp3) is 0.353. The predicted octanol–water partition coefficient (Wildman–Crippen LogP) is -0.939. The third kappa shape index (κ3) is 3.44. The van der Waals surface area contributed by atoms with Gasteiger partial charge in [-0.3, -0.25) is 19.3 Å². The number of rotatable bonds is 5. The number of nitrogens with two attached hydrogens (primary N) is 2. The maximum absolute atomic E-state index is 12.6. The van der Waals surface area contributed by atoms with Crippen LogP contribution in [0.2, 0.25) is 0 Å². The summed E-state index contributed by atoms with van der Waals surface area (Å²) in [7, 11) is 0. The van der Waals surface area contributed by atoms with Crippen molar-refractivity contribution in [2.45, 2.75) is 31.4 Å². The molecule has 1 fully saturated rings. The molecular weight excluding hydrogens is 382 g/mol. The molecule has 1 aliphatic rings. The third-order valence-corrected chi connectivity index (χ3v) is 4.68. The zero-order valence-electron chi connectivity index (χ0n) is 15.2. The van der Waals surface area contributed by atoms with Crippen molar-refractivity contribution in [3.05, 3.63) is 46.3 Å². The molecule has 3 aromatic heterocycles. The summed E-state index contributed by atoms with van der Waals surface area (Å²) in [4.78, 5) is 39.1. The Labute approximate surface area is 163 Å². The van der Waals surface area contributed by atoms with Gasteiger partial charge >= 0.3 is 5.97 Å². The lowest BCUT2D eigenvalue weighted by molar-refractivity contribution is -0.0500. The summed E-state index contributed by atoms with van der Waals surface area (Å²) in [5, 5.41) is 9.67. The Kier molecular flexibility index (Phi) is 4.96. The number of nitrogens with one attached hydrogen (secondary N) is 1. The molecule has 0 saturated carbocycles. The number of aromatic nitrogens is 5. The second-order valence-corrected chi connectivity index (χ2v) is 6.47. The molecule has 0 bridgehead atoms. The minimum atomic E-state index is -0.765. The molecule has 4 rings (SSSR count). The number of hydrogen-bond acceptors (Lipinski definition) is 10. The van der Waals surface area contributed by atoms with Crippen LogP contribution in [0.4, 0.5) is 5.95 Å². The van der Waals surface area contributed by atoms with E-state index in [1.165, 1.54) is 17.1 Å².